The molecule has 0 saturated heterocycles. The number of nitrogens with zero attached hydrogens (tertiary/aromatic N) is 2. The van der Waals surface area contributed by atoms with E-state index in [1.54, 1.807) is 18.2 Å². The summed E-state index contributed by atoms with van der Waals surface area (Å²) in [4.78, 5) is 12.3. The number of hydrogen-bond acceptors (Lipinski definition) is 5. The first-order valence-electron chi connectivity index (χ1n) is 8.15. The second-order valence-corrected chi connectivity index (χ2v) is 6.11. The van der Waals surface area contributed by atoms with Crippen LogP contribution in [0.3, 0.4) is 0 Å². The second kappa shape index (κ2) is 7.84. The van der Waals surface area contributed by atoms with Crippen LogP contribution in [0.25, 0.3) is 0 Å². The van der Waals surface area contributed by atoms with Crippen LogP contribution in [-0.4, -0.2) is 32.9 Å². The van der Waals surface area contributed by atoms with Gasteiger partial charge in [0.1, 0.15) is 5.69 Å². The van der Waals surface area contributed by atoms with E-state index in [4.69, 9.17) is 25.8 Å². The number of hydrazone groups is 1. The summed E-state index contributed by atoms with van der Waals surface area (Å²) >= 11 is 5.84. The third-order valence-corrected chi connectivity index (χ3v) is 4.50. The molecule has 0 saturated carbocycles. The standard InChI is InChI=1S/C19H18ClFN2O4/c1-25-15-9-7-11(18(26-2)19(15)27-3)13-8-10-16(24)23(22-13)14-6-4-5-12(20)17(14)21/h4-7,9H,8,10H2,1-3H3. The van der Waals surface area contributed by atoms with E-state index in [9.17, 15) is 9.18 Å². The summed E-state index contributed by atoms with van der Waals surface area (Å²) in [6, 6.07) is 7.92. The topological polar surface area (TPSA) is 60.4 Å². The van der Waals surface area contributed by atoms with Crippen molar-refractivity contribution in [2.75, 3.05) is 26.3 Å². The number of anilines is 1. The first-order chi connectivity index (χ1) is 13.0. The number of rotatable bonds is 5. The van der Waals surface area contributed by atoms with Crippen molar-refractivity contribution in [3.05, 3.63) is 46.7 Å². The molecule has 0 N–H and O–H groups in total. The second-order valence-electron chi connectivity index (χ2n) is 5.71. The summed E-state index contributed by atoms with van der Waals surface area (Å²) in [5.74, 6) is 0.327. The molecule has 0 bridgehead atoms. The molecule has 8 heteroatoms. The van der Waals surface area contributed by atoms with Gasteiger partial charge in [0.15, 0.2) is 17.3 Å². The van der Waals surface area contributed by atoms with Crippen LogP contribution in [0.5, 0.6) is 17.2 Å². The van der Waals surface area contributed by atoms with Gasteiger partial charge in [0.2, 0.25) is 11.7 Å². The maximum atomic E-state index is 14.4. The van der Waals surface area contributed by atoms with E-state index in [2.05, 4.69) is 5.10 Å². The van der Waals surface area contributed by atoms with Gasteiger partial charge in [0.05, 0.1) is 32.1 Å². The van der Waals surface area contributed by atoms with Crippen LogP contribution in [0, 0.1) is 5.82 Å². The Bertz CT molecular complexity index is 917. The monoisotopic (exact) mass is 392 g/mol. The van der Waals surface area contributed by atoms with Crippen molar-refractivity contribution in [1.29, 1.82) is 0 Å². The van der Waals surface area contributed by atoms with Crippen LogP contribution in [-0.2, 0) is 4.79 Å². The maximum absolute atomic E-state index is 14.4. The molecule has 0 aliphatic carbocycles. The van der Waals surface area contributed by atoms with Gasteiger partial charge >= 0.3 is 0 Å². The van der Waals surface area contributed by atoms with Gasteiger partial charge in [0, 0.05) is 18.4 Å². The lowest BCUT2D eigenvalue weighted by Gasteiger charge is -2.25. The Hall–Kier alpha value is -2.80. The lowest BCUT2D eigenvalue weighted by atomic mass is 10.0. The molecule has 1 amide bonds. The van der Waals surface area contributed by atoms with Crippen LogP contribution >= 0.6 is 11.6 Å². The largest absolute Gasteiger partial charge is 0.493 e. The van der Waals surface area contributed by atoms with Crippen molar-refractivity contribution in [3.63, 3.8) is 0 Å². The Kier molecular flexibility index (Phi) is 5.51. The van der Waals surface area contributed by atoms with E-state index in [0.29, 0.717) is 34.9 Å². The van der Waals surface area contributed by atoms with Crippen LogP contribution < -0.4 is 19.2 Å². The predicted molar refractivity (Wildman–Crippen MR) is 101 cm³/mol. The number of hydrogen-bond donors (Lipinski definition) is 0. The number of benzene rings is 2. The zero-order valence-electron chi connectivity index (χ0n) is 15.1. The fraction of sp³-hybridized carbons (Fsp3) is 0.263. The Morgan fingerprint density at radius 1 is 1.04 bits per heavy atom. The third-order valence-electron chi connectivity index (χ3n) is 4.21. The number of amides is 1. The minimum Gasteiger partial charge on any atom is -0.493 e. The normalized spacial score (nSPS) is 14.0. The van der Waals surface area contributed by atoms with E-state index in [-0.39, 0.29) is 23.0 Å². The highest BCUT2D eigenvalue weighted by Gasteiger charge is 2.28. The van der Waals surface area contributed by atoms with E-state index in [0.717, 1.165) is 5.01 Å². The van der Waals surface area contributed by atoms with Gasteiger partial charge in [-0.2, -0.15) is 10.1 Å². The molecule has 1 aliphatic rings. The summed E-state index contributed by atoms with van der Waals surface area (Å²) in [7, 11) is 4.53. The number of halogens is 2. The van der Waals surface area contributed by atoms with Gasteiger partial charge in [-0.25, -0.2) is 4.39 Å². The fourth-order valence-electron chi connectivity index (χ4n) is 2.92. The average molecular weight is 393 g/mol. The SMILES string of the molecule is COc1ccc(C2=NN(c3cccc(Cl)c3F)C(=O)CC2)c(OC)c1OC. The van der Waals surface area contributed by atoms with Crippen molar-refractivity contribution in [1.82, 2.24) is 0 Å². The fourth-order valence-corrected chi connectivity index (χ4v) is 3.09. The lowest BCUT2D eigenvalue weighted by molar-refractivity contribution is -0.118. The lowest BCUT2D eigenvalue weighted by Crippen LogP contribution is -2.32. The minimum absolute atomic E-state index is 0.00384. The quantitative estimate of drug-likeness (QED) is 0.770. The highest BCUT2D eigenvalue weighted by Crippen LogP contribution is 2.41. The molecular formula is C19H18ClFN2O4. The Morgan fingerprint density at radius 3 is 2.44 bits per heavy atom. The molecule has 2 aromatic rings. The van der Waals surface area contributed by atoms with Crippen molar-refractivity contribution in [3.8, 4) is 17.2 Å². The van der Waals surface area contributed by atoms with E-state index < -0.39 is 5.82 Å². The van der Waals surface area contributed by atoms with Crippen LogP contribution in [0.1, 0.15) is 18.4 Å². The van der Waals surface area contributed by atoms with E-state index in [1.807, 2.05) is 0 Å². The molecule has 1 heterocycles. The molecule has 0 spiro atoms. The molecule has 6 nitrogen and oxygen atoms in total. The van der Waals surface area contributed by atoms with Gasteiger partial charge in [0.25, 0.3) is 0 Å². The zero-order valence-corrected chi connectivity index (χ0v) is 15.8. The zero-order chi connectivity index (χ0) is 19.6. The summed E-state index contributed by atoms with van der Waals surface area (Å²) in [6.45, 7) is 0. The molecule has 27 heavy (non-hydrogen) atoms. The summed E-state index contributed by atoms with van der Waals surface area (Å²) < 4.78 is 30.6. The molecule has 1 aliphatic heterocycles. The molecule has 0 atom stereocenters. The third kappa shape index (κ3) is 3.42. The molecule has 3 rings (SSSR count). The average Bonchev–Trinajstić information content (AvgIpc) is 2.69. The van der Waals surface area contributed by atoms with Crippen molar-refractivity contribution < 1.29 is 23.4 Å². The minimum atomic E-state index is -0.697. The smallest absolute Gasteiger partial charge is 0.247 e. The molecule has 0 radical (unpaired) electrons. The maximum Gasteiger partial charge on any atom is 0.247 e. The predicted octanol–water partition coefficient (Wildman–Crippen LogP) is 4.04. The summed E-state index contributed by atoms with van der Waals surface area (Å²) in [5.41, 5.74) is 1.20. The van der Waals surface area contributed by atoms with Gasteiger partial charge in [-0.3, -0.25) is 4.79 Å². The molecule has 0 unspecified atom stereocenters. The Labute approximate surface area is 161 Å². The van der Waals surface area contributed by atoms with Crippen molar-refractivity contribution in [2.24, 2.45) is 5.10 Å². The molecule has 142 valence electrons. The summed E-state index contributed by atoms with van der Waals surface area (Å²) in [6.07, 6.45) is 0.547. The molecular weight excluding hydrogens is 375 g/mol. The van der Waals surface area contributed by atoms with Crippen molar-refractivity contribution >= 4 is 28.9 Å². The first kappa shape index (κ1) is 19.0. The summed E-state index contributed by atoms with van der Waals surface area (Å²) in [5, 5.41) is 5.33. The highest BCUT2D eigenvalue weighted by molar-refractivity contribution is 6.31. The molecule has 0 fully saturated rings. The first-order valence-corrected chi connectivity index (χ1v) is 8.53. The van der Waals surface area contributed by atoms with Gasteiger partial charge in [-0.05, 0) is 24.3 Å². The Balaban J connectivity index is 2.12. The van der Waals surface area contributed by atoms with Crippen LogP contribution in [0.2, 0.25) is 5.02 Å². The van der Waals surface area contributed by atoms with Crippen molar-refractivity contribution in [2.45, 2.75) is 12.8 Å². The molecule has 0 aromatic heterocycles. The van der Waals surface area contributed by atoms with Gasteiger partial charge in [-0.15, -0.1) is 0 Å². The van der Waals surface area contributed by atoms with E-state index in [1.165, 1.54) is 33.5 Å². The number of methoxy groups -OCH3 is 3. The number of carbonyl (C=O) groups excluding carboxylic acids is 1. The van der Waals surface area contributed by atoms with Gasteiger partial charge < -0.3 is 14.2 Å². The van der Waals surface area contributed by atoms with Crippen LogP contribution in [0.15, 0.2) is 35.4 Å². The van der Waals surface area contributed by atoms with Crippen LogP contribution in [0.4, 0.5) is 10.1 Å². The highest BCUT2D eigenvalue weighted by atomic mass is 35.5. The van der Waals surface area contributed by atoms with Gasteiger partial charge in [-0.1, -0.05) is 17.7 Å². The molecule has 2 aromatic carbocycles. The number of ether oxygens (including phenoxy) is 3. The Morgan fingerprint density at radius 2 is 1.78 bits per heavy atom. The van der Waals surface area contributed by atoms with E-state index >= 15 is 0 Å². The number of carbonyl (C=O) groups is 1.